The van der Waals surface area contributed by atoms with Crippen molar-refractivity contribution in [1.82, 2.24) is 0 Å². The van der Waals surface area contributed by atoms with Crippen LogP contribution in [0.1, 0.15) is 47.0 Å². The molecular weight excluding hydrogens is 526 g/mol. The Morgan fingerprint density at radius 2 is 1.18 bits per heavy atom. The molecule has 194 valence electrons. The zero-order valence-electron chi connectivity index (χ0n) is 20.4. The fourth-order valence-corrected chi connectivity index (χ4v) is 5.27. The summed E-state index contributed by atoms with van der Waals surface area (Å²) in [5, 5.41) is 19.8. The first kappa shape index (κ1) is 24.6. The van der Waals surface area contributed by atoms with Crippen LogP contribution in [0.2, 0.25) is 5.02 Å². The number of hydrogen-bond donors (Lipinski definition) is 2. The highest BCUT2D eigenvalue weighted by Crippen LogP contribution is 2.42. The number of hydrogen-bond acceptors (Lipinski definition) is 8. The van der Waals surface area contributed by atoms with Gasteiger partial charge in [-0.1, -0.05) is 11.6 Å². The molecule has 0 unspecified atom stereocenters. The van der Waals surface area contributed by atoms with Crippen LogP contribution in [0.4, 0.5) is 17.1 Å². The van der Waals surface area contributed by atoms with Gasteiger partial charge < -0.3 is 4.74 Å². The lowest BCUT2D eigenvalue weighted by molar-refractivity contribution is 0.0278. The average molecular weight is 544 g/mol. The van der Waals surface area contributed by atoms with Gasteiger partial charge in [-0.2, -0.15) is 0 Å². The van der Waals surface area contributed by atoms with Crippen molar-refractivity contribution in [2.45, 2.75) is 6.92 Å². The second kappa shape index (κ2) is 8.63. The fraction of sp³-hybridized carbons (Fsp3) is 0.0714. The fourth-order valence-electron chi connectivity index (χ4n) is 5.14. The van der Waals surface area contributed by atoms with Crippen LogP contribution >= 0.6 is 11.6 Å². The molecule has 0 radical (unpaired) electrons. The molecule has 0 atom stereocenters. The zero-order chi connectivity index (χ0) is 27.7. The van der Waals surface area contributed by atoms with E-state index >= 15 is 0 Å². The van der Waals surface area contributed by atoms with Crippen molar-refractivity contribution in [2.75, 3.05) is 22.1 Å². The Labute approximate surface area is 225 Å². The van der Waals surface area contributed by atoms with Gasteiger partial charge in [-0.3, -0.25) is 29.6 Å². The van der Waals surface area contributed by atoms with E-state index in [1.165, 1.54) is 43.5 Å². The Bertz CT molecular complexity index is 1710. The quantitative estimate of drug-likeness (QED) is 0.272. The van der Waals surface area contributed by atoms with Crippen LogP contribution < -0.4 is 19.8 Å². The maximum atomic E-state index is 13.8. The van der Waals surface area contributed by atoms with Gasteiger partial charge in [-0.25, -0.2) is 9.80 Å². The standard InChI is InChI=1S/C28H18ClN3O7/c1-13-11-21(32(37)38)22(39-2)12-20(13)31-27(35)18-9-7-16-23-17(8-10-19(24(18)23)28(31)36)26(34)30(25(16)33)15-5-3-14(29)4-6-15/h3-12,37-38H,1-2H3. The van der Waals surface area contributed by atoms with Crippen molar-refractivity contribution < 1.29 is 34.3 Å². The molecule has 0 saturated carbocycles. The first-order chi connectivity index (χ1) is 18.6. The number of aryl methyl sites for hydroxylation is 1. The maximum absolute atomic E-state index is 13.8. The third-order valence-corrected chi connectivity index (χ3v) is 7.19. The minimum atomic E-state index is -0.668. The van der Waals surface area contributed by atoms with Gasteiger partial charge in [0.1, 0.15) is 11.4 Å². The average Bonchev–Trinajstić information content (AvgIpc) is 2.92. The van der Waals surface area contributed by atoms with Gasteiger partial charge in [-0.05, 0) is 67.1 Å². The molecule has 4 aromatic rings. The summed E-state index contributed by atoms with van der Waals surface area (Å²) in [6.07, 6.45) is 0. The number of nitrogens with zero attached hydrogens (tertiary/aromatic N) is 3. The van der Waals surface area contributed by atoms with E-state index in [0.717, 1.165) is 9.80 Å². The number of carbonyl (C=O) groups excluding carboxylic acids is 4. The number of benzene rings is 4. The molecule has 39 heavy (non-hydrogen) atoms. The first-order valence-electron chi connectivity index (χ1n) is 11.6. The largest absolute Gasteiger partial charge is 0.494 e. The Hall–Kier alpha value is -4.77. The molecule has 6 rings (SSSR count). The molecule has 2 heterocycles. The van der Waals surface area contributed by atoms with Crippen molar-refractivity contribution in [3.63, 3.8) is 0 Å². The smallest absolute Gasteiger partial charge is 0.265 e. The molecule has 0 spiro atoms. The number of anilines is 3. The highest BCUT2D eigenvalue weighted by Gasteiger charge is 2.41. The molecular formula is C28H18ClN3O7. The number of rotatable bonds is 4. The monoisotopic (exact) mass is 543 g/mol. The van der Waals surface area contributed by atoms with Crippen LogP contribution in [0.3, 0.4) is 0 Å². The molecule has 2 aliphatic heterocycles. The molecule has 0 fully saturated rings. The summed E-state index contributed by atoms with van der Waals surface area (Å²) in [6.45, 7) is 1.60. The van der Waals surface area contributed by atoms with Gasteiger partial charge in [-0.15, -0.1) is 5.23 Å². The third kappa shape index (κ3) is 3.43. The van der Waals surface area contributed by atoms with Crippen LogP contribution in [-0.4, -0.2) is 41.2 Å². The van der Waals surface area contributed by atoms with Crippen molar-refractivity contribution in [2.24, 2.45) is 0 Å². The van der Waals surface area contributed by atoms with E-state index in [9.17, 15) is 29.6 Å². The normalized spacial score (nSPS) is 14.4. The second-order valence-electron chi connectivity index (χ2n) is 9.04. The number of ether oxygens (including phenoxy) is 1. The van der Waals surface area contributed by atoms with Crippen molar-refractivity contribution in [3.8, 4) is 5.75 Å². The SMILES string of the molecule is COc1cc(N2C(=O)c3ccc4c5c(ccc(c35)C2=O)C(=O)N(c2ccc(Cl)cc2)C4=O)c(C)cc1N(O)O. The number of methoxy groups -OCH3 is 1. The summed E-state index contributed by atoms with van der Waals surface area (Å²) in [6, 6.07) is 14.8. The molecule has 4 aromatic carbocycles. The van der Waals surface area contributed by atoms with Gasteiger partial charge >= 0.3 is 0 Å². The lowest BCUT2D eigenvalue weighted by atomic mass is 9.85. The van der Waals surface area contributed by atoms with E-state index in [4.69, 9.17) is 16.3 Å². The van der Waals surface area contributed by atoms with E-state index in [-0.39, 0.29) is 55.4 Å². The number of imide groups is 2. The Morgan fingerprint density at radius 3 is 1.62 bits per heavy atom. The minimum Gasteiger partial charge on any atom is -0.494 e. The Kier molecular flexibility index (Phi) is 5.44. The Balaban J connectivity index is 1.52. The van der Waals surface area contributed by atoms with E-state index < -0.39 is 23.6 Å². The summed E-state index contributed by atoms with van der Waals surface area (Å²) in [5.74, 6) is -2.50. The van der Waals surface area contributed by atoms with Crippen LogP contribution in [0.15, 0.2) is 60.7 Å². The van der Waals surface area contributed by atoms with E-state index in [1.807, 2.05) is 0 Å². The van der Waals surface area contributed by atoms with E-state index in [1.54, 1.807) is 31.2 Å². The van der Waals surface area contributed by atoms with Gasteiger partial charge in [0.2, 0.25) is 0 Å². The Morgan fingerprint density at radius 1 is 0.718 bits per heavy atom. The van der Waals surface area contributed by atoms with Crippen molar-refractivity contribution >= 4 is 63.1 Å². The molecule has 2 aliphatic rings. The molecule has 0 aromatic heterocycles. The molecule has 10 nitrogen and oxygen atoms in total. The van der Waals surface area contributed by atoms with Crippen molar-refractivity contribution in [1.29, 1.82) is 0 Å². The molecule has 0 saturated heterocycles. The topological polar surface area (TPSA) is 128 Å². The first-order valence-corrected chi connectivity index (χ1v) is 12.0. The second-order valence-corrected chi connectivity index (χ2v) is 9.48. The van der Waals surface area contributed by atoms with Crippen molar-refractivity contribution in [3.05, 3.63) is 93.5 Å². The molecule has 0 bridgehead atoms. The summed E-state index contributed by atoms with van der Waals surface area (Å²) >= 11 is 5.97. The molecule has 2 N–H and O–H groups in total. The van der Waals surface area contributed by atoms with Gasteiger partial charge in [0.15, 0.2) is 0 Å². The van der Waals surface area contributed by atoms with Gasteiger partial charge in [0.05, 0.1) is 18.5 Å². The van der Waals surface area contributed by atoms with Gasteiger partial charge in [0.25, 0.3) is 23.6 Å². The molecule has 0 aliphatic carbocycles. The predicted molar refractivity (Wildman–Crippen MR) is 141 cm³/mol. The number of carbonyl (C=O) groups is 4. The van der Waals surface area contributed by atoms with Crippen LogP contribution in [0.5, 0.6) is 5.75 Å². The third-order valence-electron chi connectivity index (χ3n) is 6.93. The lowest BCUT2D eigenvalue weighted by Gasteiger charge is -2.32. The zero-order valence-corrected chi connectivity index (χ0v) is 21.2. The molecule has 4 amide bonds. The summed E-state index contributed by atoms with van der Waals surface area (Å²) in [5.41, 5.74) is 1.45. The van der Waals surface area contributed by atoms with E-state index in [0.29, 0.717) is 16.3 Å². The predicted octanol–water partition coefficient (Wildman–Crippen LogP) is 5.00. The summed E-state index contributed by atoms with van der Waals surface area (Å²) in [4.78, 5) is 56.5. The maximum Gasteiger partial charge on any atom is 0.265 e. The van der Waals surface area contributed by atoms with E-state index in [2.05, 4.69) is 0 Å². The van der Waals surface area contributed by atoms with Crippen LogP contribution in [-0.2, 0) is 0 Å². The van der Waals surface area contributed by atoms with Gasteiger partial charge in [0, 0.05) is 44.1 Å². The number of halogens is 1. The minimum absolute atomic E-state index is 0.00993. The highest BCUT2D eigenvalue weighted by atomic mass is 35.5. The summed E-state index contributed by atoms with van der Waals surface area (Å²) < 4.78 is 5.22. The van der Waals surface area contributed by atoms with Crippen LogP contribution in [0.25, 0.3) is 10.8 Å². The van der Waals surface area contributed by atoms with Crippen LogP contribution in [0, 0.1) is 6.92 Å². The molecule has 11 heteroatoms. The lowest BCUT2D eigenvalue weighted by Crippen LogP contribution is -2.43. The summed E-state index contributed by atoms with van der Waals surface area (Å²) in [7, 11) is 1.31. The number of amides is 4. The highest BCUT2D eigenvalue weighted by molar-refractivity contribution is 6.42.